The van der Waals surface area contributed by atoms with Gasteiger partial charge in [-0.1, -0.05) is 0 Å². The van der Waals surface area contributed by atoms with Crippen LogP contribution in [-0.2, 0) is 14.3 Å². The highest BCUT2D eigenvalue weighted by molar-refractivity contribution is 7.07. The van der Waals surface area contributed by atoms with E-state index in [1.165, 1.54) is 23.5 Å². The number of halogens is 1. The molecule has 0 saturated carbocycles. The fourth-order valence-electron chi connectivity index (χ4n) is 4.36. The Morgan fingerprint density at radius 3 is 2.72 bits per heavy atom. The molecule has 2 aliphatic rings. The minimum Gasteiger partial charge on any atom is -0.493 e. The first kappa shape index (κ1) is 27.0. The number of rotatable bonds is 9. The van der Waals surface area contributed by atoms with Gasteiger partial charge in [0, 0.05) is 30.6 Å². The molecule has 5 rings (SSSR count). The van der Waals surface area contributed by atoms with Crippen molar-refractivity contribution in [2.24, 2.45) is 10.1 Å². The van der Waals surface area contributed by atoms with E-state index in [0.717, 1.165) is 41.1 Å². The van der Waals surface area contributed by atoms with Crippen molar-refractivity contribution >= 4 is 23.5 Å². The van der Waals surface area contributed by atoms with Crippen LogP contribution in [0.5, 0.6) is 11.5 Å². The van der Waals surface area contributed by atoms with Crippen LogP contribution in [-0.4, -0.2) is 81.0 Å². The molecule has 0 bridgehead atoms. The second-order valence-electron chi connectivity index (χ2n) is 9.13. The third-order valence-corrected chi connectivity index (χ3v) is 7.36. The summed E-state index contributed by atoms with van der Waals surface area (Å²) in [6.45, 7) is 3.46. The molecule has 39 heavy (non-hydrogen) atoms. The third-order valence-electron chi connectivity index (χ3n) is 6.50. The molecule has 9 nitrogen and oxygen atoms in total. The number of aromatic nitrogens is 1. The molecule has 11 heteroatoms. The van der Waals surface area contributed by atoms with Gasteiger partial charge in [-0.2, -0.15) is 5.10 Å². The summed E-state index contributed by atoms with van der Waals surface area (Å²) < 4.78 is 37.6. The van der Waals surface area contributed by atoms with Crippen LogP contribution in [0.1, 0.15) is 18.4 Å². The number of methoxy groups -OCH3 is 1. The number of ether oxygens (including phenoxy) is 4. The Kier molecular flexibility index (Phi) is 9.02. The fourth-order valence-corrected chi connectivity index (χ4v) is 5.21. The van der Waals surface area contributed by atoms with Gasteiger partial charge in [0.1, 0.15) is 5.82 Å². The van der Waals surface area contributed by atoms with Crippen LogP contribution in [0.3, 0.4) is 0 Å². The number of hydrogen-bond donors (Lipinski definition) is 0. The first-order chi connectivity index (χ1) is 19.1. The molecule has 1 aromatic heterocycles. The van der Waals surface area contributed by atoms with E-state index in [4.69, 9.17) is 29.0 Å². The molecule has 0 spiro atoms. The molecule has 0 N–H and O–H groups in total. The van der Waals surface area contributed by atoms with E-state index in [2.05, 4.69) is 0 Å². The van der Waals surface area contributed by atoms with E-state index in [9.17, 15) is 9.18 Å². The van der Waals surface area contributed by atoms with Crippen LogP contribution in [0.4, 0.5) is 4.39 Å². The van der Waals surface area contributed by atoms with E-state index in [-0.39, 0.29) is 24.4 Å². The molecule has 0 radical (unpaired) electrons. The van der Waals surface area contributed by atoms with Gasteiger partial charge in [0.15, 0.2) is 18.1 Å². The molecule has 2 saturated heterocycles. The highest BCUT2D eigenvalue weighted by Gasteiger charge is 2.18. The monoisotopic (exact) mass is 554 g/mol. The lowest BCUT2D eigenvalue weighted by molar-refractivity contribution is -0.137. The molecule has 1 atom stereocenters. The number of carbonyl (C=O) groups excluding carboxylic acids is 1. The van der Waals surface area contributed by atoms with Crippen LogP contribution in [0.2, 0.25) is 0 Å². The fraction of sp³-hybridized carbons (Fsp3) is 0.393. The van der Waals surface area contributed by atoms with E-state index in [1.54, 1.807) is 47.2 Å². The number of thiazole rings is 1. The first-order valence-corrected chi connectivity index (χ1v) is 13.8. The van der Waals surface area contributed by atoms with Crippen LogP contribution in [0.15, 0.2) is 57.9 Å². The van der Waals surface area contributed by atoms with Gasteiger partial charge in [-0.25, -0.2) is 9.07 Å². The molecule has 1 unspecified atom stereocenters. The van der Waals surface area contributed by atoms with E-state index < -0.39 is 0 Å². The van der Waals surface area contributed by atoms with Gasteiger partial charge in [-0.15, -0.1) is 11.3 Å². The SMILES string of the molecule is COc1cc(C=Nn2c(-c3ccc(F)cc3)csc2=NCC2CCCO2)ccc1OCC(=O)N1CCOCC1. The zero-order chi connectivity index (χ0) is 27.0. The van der Waals surface area contributed by atoms with Gasteiger partial charge in [-0.05, 0) is 60.9 Å². The minimum absolute atomic E-state index is 0.0782. The van der Waals surface area contributed by atoms with Gasteiger partial charge in [-0.3, -0.25) is 9.79 Å². The lowest BCUT2D eigenvalue weighted by atomic mass is 10.2. The van der Waals surface area contributed by atoms with Gasteiger partial charge in [0.05, 0.1) is 44.9 Å². The van der Waals surface area contributed by atoms with Gasteiger partial charge >= 0.3 is 0 Å². The molecule has 0 aliphatic carbocycles. The van der Waals surface area contributed by atoms with Crippen molar-refractivity contribution in [2.45, 2.75) is 18.9 Å². The van der Waals surface area contributed by atoms with Gasteiger partial charge < -0.3 is 23.8 Å². The molecule has 3 aromatic rings. The molecule has 1 amide bonds. The van der Waals surface area contributed by atoms with Crippen LogP contribution >= 0.6 is 11.3 Å². The van der Waals surface area contributed by atoms with Crippen molar-refractivity contribution in [1.29, 1.82) is 0 Å². The molecule has 2 fully saturated rings. The molecular weight excluding hydrogens is 523 g/mol. The minimum atomic E-state index is -0.298. The Morgan fingerprint density at radius 1 is 1.15 bits per heavy atom. The van der Waals surface area contributed by atoms with E-state index in [1.807, 2.05) is 11.4 Å². The summed E-state index contributed by atoms with van der Waals surface area (Å²) in [4.78, 5) is 19.7. The molecule has 3 heterocycles. The first-order valence-electron chi connectivity index (χ1n) is 12.9. The maximum atomic E-state index is 13.6. The Morgan fingerprint density at radius 2 is 1.97 bits per heavy atom. The smallest absolute Gasteiger partial charge is 0.260 e. The number of benzene rings is 2. The zero-order valence-electron chi connectivity index (χ0n) is 21.8. The quantitative estimate of drug-likeness (QED) is 0.378. The Labute approximate surface area is 230 Å². The highest BCUT2D eigenvalue weighted by Crippen LogP contribution is 2.28. The second kappa shape index (κ2) is 13.0. The van der Waals surface area contributed by atoms with Crippen molar-refractivity contribution in [3.05, 3.63) is 64.0 Å². The number of hydrogen-bond acceptors (Lipinski definition) is 8. The summed E-state index contributed by atoms with van der Waals surface area (Å²) in [6, 6.07) is 11.7. The summed E-state index contributed by atoms with van der Waals surface area (Å²) in [7, 11) is 1.55. The van der Waals surface area contributed by atoms with Crippen molar-refractivity contribution in [3.63, 3.8) is 0 Å². The van der Waals surface area contributed by atoms with Crippen LogP contribution < -0.4 is 14.3 Å². The lowest BCUT2D eigenvalue weighted by Crippen LogP contribution is -2.43. The van der Waals surface area contributed by atoms with Gasteiger partial charge in [0.2, 0.25) is 4.80 Å². The molecular formula is C28H31FN4O5S. The van der Waals surface area contributed by atoms with Crippen LogP contribution in [0, 0.1) is 5.82 Å². The Balaban J connectivity index is 1.36. The van der Waals surface area contributed by atoms with E-state index in [0.29, 0.717) is 44.3 Å². The predicted octanol–water partition coefficient (Wildman–Crippen LogP) is 3.56. The van der Waals surface area contributed by atoms with Crippen molar-refractivity contribution in [2.75, 3.05) is 53.2 Å². The normalized spacial score (nSPS) is 18.2. The predicted molar refractivity (Wildman–Crippen MR) is 146 cm³/mol. The number of amides is 1. The lowest BCUT2D eigenvalue weighted by Gasteiger charge is -2.26. The molecule has 2 aromatic carbocycles. The number of nitrogens with zero attached hydrogens (tertiary/aromatic N) is 4. The standard InChI is InChI=1S/C28H31FN4O5S/c1-35-26-15-20(4-9-25(26)38-18-27(34)32-10-13-36-14-11-32)16-31-33-24(21-5-7-22(29)8-6-21)19-39-28(33)30-17-23-3-2-12-37-23/h4-9,15-16,19,23H,2-3,10-14,17-18H2,1H3. The van der Waals surface area contributed by atoms with Gasteiger partial charge in [0.25, 0.3) is 5.91 Å². The van der Waals surface area contributed by atoms with Crippen molar-refractivity contribution < 1.29 is 28.1 Å². The van der Waals surface area contributed by atoms with Crippen molar-refractivity contribution in [1.82, 2.24) is 9.58 Å². The average Bonchev–Trinajstić information content (AvgIpc) is 3.64. The second-order valence-corrected chi connectivity index (χ2v) is 9.97. The van der Waals surface area contributed by atoms with Crippen molar-refractivity contribution in [3.8, 4) is 22.8 Å². The topological polar surface area (TPSA) is 86.9 Å². The molecule has 2 aliphatic heterocycles. The number of carbonyl (C=O) groups is 1. The maximum Gasteiger partial charge on any atom is 0.260 e. The zero-order valence-corrected chi connectivity index (χ0v) is 22.6. The van der Waals surface area contributed by atoms with Crippen LogP contribution in [0.25, 0.3) is 11.3 Å². The third kappa shape index (κ3) is 6.92. The largest absolute Gasteiger partial charge is 0.493 e. The average molecular weight is 555 g/mol. The summed E-state index contributed by atoms with van der Waals surface area (Å²) >= 11 is 1.47. The molecule has 206 valence electrons. The van der Waals surface area contributed by atoms with E-state index >= 15 is 0 Å². The summed E-state index contributed by atoms with van der Waals surface area (Å²) in [6.07, 6.45) is 3.86. The number of morpholine rings is 1. The Bertz CT molecular complexity index is 1360. The highest BCUT2D eigenvalue weighted by atomic mass is 32.1. The summed E-state index contributed by atoms with van der Waals surface area (Å²) in [5.74, 6) is 0.575. The summed E-state index contributed by atoms with van der Waals surface area (Å²) in [5.41, 5.74) is 2.40. The summed E-state index contributed by atoms with van der Waals surface area (Å²) in [5, 5.41) is 6.69. The Hall–Kier alpha value is -3.54. The maximum absolute atomic E-state index is 13.6.